The number of hydrogen-bond acceptors (Lipinski definition) is 3. The van der Waals surface area contributed by atoms with Gasteiger partial charge in [0.1, 0.15) is 0 Å². The van der Waals surface area contributed by atoms with E-state index in [1.54, 1.807) is 0 Å². The smallest absolute Gasteiger partial charge is 0.0566 e. The minimum Gasteiger partial charge on any atom is -0.330 e. The van der Waals surface area contributed by atoms with Crippen molar-refractivity contribution in [1.29, 1.82) is 4.78 Å². The van der Waals surface area contributed by atoms with Gasteiger partial charge in [-0.2, -0.15) is 0 Å². The van der Waals surface area contributed by atoms with E-state index in [1.807, 2.05) is 31.2 Å². The molecule has 0 heterocycles. The van der Waals surface area contributed by atoms with Gasteiger partial charge in [-0.3, -0.25) is 4.78 Å². The Morgan fingerprint density at radius 2 is 1.93 bits per heavy atom. The Bertz CT molecular complexity index is 381. The van der Waals surface area contributed by atoms with E-state index in [4.69, 9.17) is 10.5 Å². The Hall–Kier alpha value is -0.870. The molecule has 0 fully saturated rings. The Morgan fingerprint density at radius 1 is 1.36 bits per heavy atom. The molecule has 0 bridgehead atoms. The van der Waals surface area contributed by atoms with Gasteiger partial charge in [0, 0.05) is 22.0 Å². The highest BCUT2D eigenvalue weighted by atomic mass is 32.2. The van der Waals surface area contributed by atoms with E-state index in [1.165, 1.54) is 5.56 Å². The van der Waals surface area contributed by atoms with Gasteiger partial charge in [-0.1, -0.05) is 29.8 Å². The molecule has 0 aliphatic carbocycles. The molecule has 1 aromatic carbocycles. The van der Waals surface area contributed by atoms with Crippen LogP contribution in [-0.4, -0.2) is 16.5 Å². The maximum Gasteiger partial charge on any atom is 0.0566 e. The highest BCUT2D eigenvalue weighted by molar-refractivity contribution is 7.91. The van der Waals surface area contributed by atoms with Gasteiger partial charge in [0.2, 0.25) is 0 Å². The SMILES string of the molecule is Cc1ccc(CS(=N)(=O)CCN)cc1. The lowest BCUT2D eigenvalue weighted by Gasteiger charge is -2.05. The third-order valence-corrected chi connectivity index (χ3v) is 3.66. The summed E-state index contributed by atoms with van der Waals surface area (Å²) < 4.78 is 19.2. The van der Waals surface area contributed by atoms with Crippen molar-refractivity contribution in [3.63, 3.8) is 0 Å². The van der Waals surface area contributed by atoms with Crippen molar-refractivity contribution >= 4 is 9.73 Å². The van der Waals surface area contributed by atoms with Crippen LogP contribution in [0.15, 0.2) is 24.3 Å². The summed E-state index contributed by atoms with van der Waals surface area (Å²) in [7, 11) is -2.52. The van der Waals surface area contributed by atoms with E-state index < -0.39 is 9.73 Å². The summed E-state index contributed by atoms with van der Waals surface area (Å²) >= 11 is 0. The number of nitrogens with one attached hydrogen (secondary N) is 1. The Morgan fingerprint density at radius 3 is 2.43 bits per heavy atom. The van der Waals surface area contributed by atoms with Crippen molar-refractivity contribution in [1.82, 2.24) is 0 Å². The third kappa shape index (κ3) is 3.47. The average Bonchev–Trinajstić information content (AvgIpc) is 2.08. The molecule has 14 heavy (non-hydrogen) atoms. The zero-order valence-corrected chi connectivity index (χ0v) is 9.14. The van der Waals surface area contributed by atoms with Crippen LogP contribution in [-0.2, 0) is 15.5 Å². The monoisotopic (exact) mass is 212 g/mol. The zero-order valence-electron chi connectivity index (χ0n) is 8.32. The van der Waals surface area contributed by atoms with Crippen LogP contribution in [0.5, 0.6) is 0 Å². The van der Waals surface area contributed by atoms with Gasteiger partial charge in [0.05, 0.1) is 5.75 Å². The van der Waals surface area contributed by atoms with Crippen LogP contribution < -0.4 is 5.73 Å². The molecule has 4 heteroatoms. The molecule has 0 saturated heterocycles. The van der Waals surface area contributed by atoms with Gasteiger partial charge in [0.15, 0.2) is 0 Å². The second-order valence-corrected chi connectivity index (χ2v) is 5.76. The summed E-state index contributed by atoms with van der Waals surface area (Å²) in [5.41, 5.74) is 7.41. The van der Waals surface area contributed by atoms with Crippen molar-refractivity contribution in [2.75, 3.05) is 12.3 Å². The quantitative estimate of drug-likeness (QED) is 0.794. The Kier molecular flexibility index (Phi) is 3.66. The topological polar surface area (TPSA) is 66.9 Å². The number of aryl methyl sites for hydroxylation is 1. The fraction of sp³-hybridized carbons (Fsp3) is 0.400. The van der Waals surface area contributed by atoms with E-state index in [-0.39, 0.29) is 5.75 Å². The van der Waals surface area contributed by atoms with Crippen LogP contribution in [0.1, 0.15) is 11.1 Å². The maximum absolute atomic E-state index is 11.6. The predicted octanol–water partition coefficient (Wildman–Crippen LogP) is 1.50. The number of rotatable bonds is 4. The fourth-order valence-electron chi connectivity index (χ4n) is 1.22. The summed E-state index contributed by atoms with van der Waals surface area (Å²) in [5, 5.41) is 0. The van der Waals surface area contributed by atoms with Crippen molar-refractivity contribution in [3.05, 3.63) is 35.4 Å². The highest BCUT2D eigenvalue weighted by Crippen LogP contribution is 2.08. The third-order valence-electron chi connectivity index (χ3n) is 1.97. The van der Waals surface area contributed by atoms with Gasteiger partial charge in [-0.15, -0.1) is 0 Å². The zero-order chi connectivity index (χ0) is 10.6. The lowest BCUT2D eigenvalue weighted by atomic mass is 10.2. The lowest BCUT2D eigenvalue weighted by molar-refractivity contribution is 0.673. The molecule has 0 saturated carbocycles. The molecule has 1 unspecified atom stereocenters. The van der Waals surface area contributed by atoms with Crippen LogP contribution in [0, 0.1) is 11.7 Å². The summed E-state index contributed by atoms with van der Waals surface area (Å²) in [6, 6.07) is 7.76. The Labute approximate surface area is 85.3 Å². The summed E-state index contributed by atoms with van der Waals surface area (Å²) in [6.07, 6.45) is 0. The maximum atomic E-state index is 11.6. The molecule has 1 rings (SSSR count). The number of nitrogens with two attached hydrogens (primary N) is 1. The molecule has 3 N–H and O–H groups in total. The van der Waals surface area contributed by atoms with Crippen LogP contribution in [0.25, 0.3) is 0 Å². The fourth-order valence-corrected chi connectivity index (χ4v) is 2.47. The highest BCUT2D eigenvalue weighted by Gasteiger charge is 2.05. The molecule has 0 spiro atoms. The molecular weight excluding hydrogens is 196 g/mol. The molecule has 0 aliphatic heterocycles. The van der Waals surface area contributed by atoms with Crippen LogP contribution in [0.3, 0.4) is 0 Å². The molecule has 3 nitrogen and oxygen atoms in total. The summed E-state index contributed by atoms with van der Waals surface area (Å²) in [5.74, 6) is 0.589. The molecule has 0 amide bonds. The first-order chi connectivity index (χ1) is 6.53. The molecule has 0 aromatic heterocycles. The summed E-state index contributed by atoms with van der Waals surface area (Å²) in [4.78, 5) is 0. The standard InChI is InChI=1S/C10H16N2OS/c1-9-2-4-10(5-3-9)8-14(12,13)7-6-11/h2-5,12H,6-8,11H2,1H3. The lowest BCUT2D eigenvalue weighted by Crippen LogP contribution is -2.16. The molecule has 1 atom stereocenters. The van der Waals surface area contributed by atoms with Crippen molar-refractivity contribution < 1.29 is 4.21 Å². The first-order valence-corrected chi connectivity index (χ1v) is 6.43. The van der Waals surface area contributed by atoms with Gasteiger partial charge in [0.25, 0.3) is 0 Å². The van der Waals surface area contributed by atoms with E-state index in [0.29, 0.717) is 12.3 Å². The van der Waals surface area contributed by atoms with Gasteiger partial charge in [-0.25, -0.2) is 4.21 Å². The van der Waals surface area contributed by atoms with Crippen molar-refractivity contribution in [2.45, 2.75) is 12.7 Å². The molecule has 0 radical (unpaired) electrons. The molecule has 0 aliphatic rings. The van der Waals surface area contributed by atoms with Crippen molar-refractivity contribution in [2.24, 2.45) is 5.73 Å². The summed E-state index contributed by atoms with van der Waals surface area (Å²) in [6.45, 7) is 2.32. The number of benzene rings is 1. The second-order valence-electron chi connectivity index (χ2n) is 3.43. The van der Waals surface area contributed by atoms with E-state index in [2.05, 4.69) is 0 Å². The van der Waals surface area contributed by atoms with Gasteiger partial charge < -0.3 is 5.73 Å². The second kappa shape index (κ2) is 4.57. The van der Waals surface area contributed by atoms with E-state index in [9.17, 15) is 4.21 Å². The first kappa shape index (κ1) is 11.2. The van der Waals surface area contributed by atoms with E-state index >= 15 is 0 Å². The first-order valence-electron chi connectivity index (χ1n) is 4.53. The van der Waals surface area contributed by atoms with Crippen LogP contribution >= 0.6 is 0 Å². The molecule has 78 valence electrons. The van der Waals surface area contributed by atoms with Gasteiger partial charge in [-0.05, 0) is 12.5 Å². The predicted molar refractivity (Wildman–Crippen MR) is 59.7 cm³/mol. The van der Waals surface area contributed by atoms with Crippen LogP contribution in [0.4, 0.5) is 0 Å². The van der Waals surface area contributed by atoms with Crippen LogP contribution in [0.2, 0.25) is 0 Å². The molecular formula is C10H16N2OS. The van der Waals surface area contributed by atoms with Crippen molar-refractivity contribution in [3.8, 4) is 0 Å². The van der Waals surface area contributed by atoms with Gasteiger partial charge >= 0.3 is 0 Å². The van der Waals surface area contributed by atoms with E-state index in [0.717, 1.165) is 5.56 Å². The normalized spacial score (nSPS) is 15.0. The average molecular weight is 212 g/mol. The number of hydrogen-bond donors (Lipinski definition) is 2. The minimum absolute atomic E-state index is 0.279. The Balaban J connectivity index is 2.74. The largest absolute Gasteiger partial charge is 0.330 e. The molecule has 1 aromatic rings. The minimum atomic E-state index is -2.52.